The number of likely N-dealkylation sites (tertiary alicyclic amines) is 1. The van der Waals surface area contributed by atoms with Crippen LogP contribution < -0.4 is 9.47 Å². The van der Waals surface area contributed by atoms with Crippen LogP contribution in [0.1, 0.15) is 18.4 Å². The fraction of sp³-hybridized carbons (Fsp3) is 0.600. The Bertz CT molecular complexity index is 803. The second kappa shape index (κ2) is 8.01. The Labute approximate surface area is 173 Å². The number of carboxylic acid groups (broad SMARTS) is 1. The highest BCUT2D eigenvalue weighted by Crippen LogP contribution is 2.54. The number of rotatable bonds is 3. The van der Waals surface area contributed by atoms with Gasteiger partial charge in [-0.05, 0) is 24.5 Å². The van der Waals surface area contributed by atoms with Gasteiger partial charge in [-0.2, -0.15) is 0 Å². The first-order chi connectivity index (χ1) is 14.0. The Balaban J connectivity index is 0.000000645. The van der Waals surface area contributed by atoms with Gasteiger partial charge < -0.3 is 29.3 Å². The number of carbonyl (C=O) groups is 2. The van der Waals surface area contributed by atoms with Crippen molar-refractivity contribution >= 4 is 24.0 Å². The molecule has 3 saturated heterocycles. The highest BCUT2D eigenvalue weighted by molar-refractivity contribution is 6.31. The number of fused-ring (bicyclic) bond motifs is 2. The Morgan fingerprint density at radius 2 is 2.00 bits per heavy atom. The Morgan fingerprint density at radius 1 is 1.31 bits per heavy atom. The summed E-state index contributed by atoms with van der Waals surface area (Å²) >= 11 is 6.35. The summed E-state index contributed by atoms with van der Waals surface area (Å²) in [6.45, 7) is 2.16. The van der Waals surface area contributed by atoms with Crippen LogP contribution in [0.25, 0.3) is 0 Å². The van der Waals surface area contributed by atoms with Crippen LogP contribution >= 0.6 is 11.6 Å². The van der Waals surface area contributed by atoms with Gasteiger partial charge in [-0.3, -0.25) is 9.59 Å². The van der Waals surface area contributed by atoms with Crippen LogP contribution in [0.5, 0.6) is 11.5 Å². The molecule has 1 aromatic carbocycles. The first-order valence-electron chi connectivity index (χ1n) is 9.73. The molecule has 158 valence electrons. The second-order valence-corrected chi connectivity index (χ2v) is 8.26. The number of carbonyl (C=O) groups excluding carboxylic acids is 1. The van der Waals surface area contributed by atoms with Crippen LogP contribution in [-0.4, -0.2) is 72.1 Å². The summed E-state index contributed by atoms with van der Waals surface area (Å²) < 4.78 is 17.3. The number of nitrogens with zero attached hydrogens (tertiary/aromatic N) is 1. The lowest BCUT2D eigenvalue weighted by Gasteiger charge is -2.27. The summed E-state index contributed by atoms with van der Waals surface area (Å²) in [5, 5.41) is 17.1. The molecular formula is C20H24ClNO7. The van der Waals surface area contributed by atoms with Crippen molar-refractivity contribution in [3.8, 4) is 11.5 Å². The van der Waals surface area contributed by atoms with Crippen molar-refractivity contribution in [2.45, 2.75) is 31.0 Å². The van der Waals surface area contributed by atoms with Crippen molar-refractivity contribution in [2.24, 2.45) is 11.8 Å². The zero-order valence-corrected chi connectivity index (χ0v) is 16.6. The fourth-order valence-corrected chi connectivity index (χ4v) is 5.36. The zero-order chi connectivity index (χ0) is 20.6. The van der Waals surface area contributed by atoms with Gasteiger partial charge in [-0.25, -0.2) is 0 Å². The van der Waals surface area contributed by atoms with Gasteiger partial charge in [0.05, 0.1) is 24.7 Å². The zero-order valence-electron chi connectivity index (χ0n) is 15.9. The third-order valence-electron chi connectivity index (χ3n) is 6.40. The molecule has 5 rings (SSSR count). The van der Waals surface area contributed by atoms with Gasteiger partial charge in [0.1, 0.15) is 13.2 Å². The molecular weight excluding hydrogens is 402 g/mol. The molecule has 0 unspecified atom stereocenters. The van der Waals surface area contributed by atoms with Crippen LogP contribution in [0, 0.1) is 11.8 Å². The highest BCUT2D eigenvalue weighted by Gasteiger charge is 2.63. The van der Waals surface area contributed by atoms with Gasteiger partial charge in [0.2, 0.25) is 5.91 Å². The van der Waals surface area contributed by atoms with Gasteiger partial charge in [0.15, 0.2) is 11.5 Å². The van der Waals surface area contributed by atoms with Crippen molar-refractivity contribution < 1.29 is 34.0 Å². The summed E-state index contributed by atoms with van der Waals surface area (Å²) in [4.78, 5) is 23.1. The maximum Gasteiger partial charge on any atom is 0.290 e. The van der Waals surface area contributed by atoms with Crippen molar-refractivity contribution in [3.05, 3.63) is 22.7 Å². The molecule has 1 amide bonds. The van der Waals surface area contributed by atoms with E-state index < -0.39 is 0 Å². The molecule has 1 spiro atoms. The fourth-order valence-electron chi connectivity index (χ4n) is 5.14. The molecule has 4 heterocycles. The summed E-state index contributed by atoms with van der Waals surface area (Å²) in [5.74, 6) is 1.70. The molecule has 3 fully saturated rings. The van der Waals surface area contributed by atoms with E-state index in [2.05, 4.69) is 0 Å². The van der Waals surface area contributed by atoms with Gasteiger partial charge in [-0.15, -0.1) is 0 Å². The molecule has 0 saturated carbocycles. The smallest absolute Gasteiger partial charge is 0.290 e. The molecule has 4 aliphatic rings. The molecule has 0 radical (unpaired) electrons. The molecule has 4 aliphatic heterocycles. The van der Waals surface area contributed by atoms with E-state index in [1.807, 2.05) is 11.0 Å². The first kappa shape index (κ1) is 20.3. The number of aliphatic hydroxyl groups excluding tert-OH is 1. The van der Waals surface area contributed by atoms with E-state index in [1.165, 1.54) is 0 Å². The summed E-state index contributed by atoms with van der Waals surface area (Å²) in [6.07, 6.45) is 2.35. The second-order valence-electron chi connectivity index (χ2n) is 7.86. The molecule has 1 aromatic rings. The minimum Gasteiger partial charge on any atom is -0.486 e. The summed E-state index contributed by atoms with van der Waals surface area (Å²) in [6, 6.07) is 3.53. The lowest BCUT2D eigenvalue weighted by molar-refractivity contribution is -0.131. The number of ether oxygens (including phenoxy) is 3. The van der Waals surface area contributed by atoms with E-state index in [4.69, 9.17) is 35.7 Å². The van der Waals surface area contributed by atoms with Gasteiger partial charge in [0.25, 0.3) is 6.47 Å². The third-order valence-corrected chi connectivity index (χ3v) is 6.75. The van der Waals surface area contributed by atoms with E-state index in [0.717, 1.165) is 18.4 Å². The quantitative estimate of drug-likeness (QED) is 0.704. The molecule has 4 atom stereocenters. The lowest BCUT2D eigenvalue weighted by atomic mass is 9.74. The van der Waals surface area contributed by atoms with Gasteiger partial charge in [0, 0.05) is 36.1 Å². The summed E-state index contributed by atoms with van der Waals surface area (Å²) in [7, 11) is 0. The minimum absolute atomic E-state index is 0.0380. The number of aliphatic hydroxyl groups is 1. The molecule has 8 nitrogen and oxygen atoms in total. The topological polar surface area (TPSA) is 106 Å². The predicted octanol–water partition coefficient (Wildman–Crippen LogP) is 1.35. The van der Waals surface area contributed by atoms with Crippen LogP contribution in [0.2, 0.25) is 5.02 Å². The minimum atomic E-state index is -0.250. The lowest BCUT2D eigenvalue weighted by Crippen LogP contribution is -2.38. The standard InChI is InChI=1S/C19H22ClNO5.CH2O2/c20-14-7-17-16(24-3-4-25-17)5-11(14)6-18(23)21-8-13-12(9-22)15-1-2-19(13,10-21)26-15;2-1-3/h5,7,12-13,15,22H,1-4,6,8-10H2;1H,(H,2,3)/t12-,13+,15+,19+;/m0./s1. The number of hydrogen-bond donors (Lipinski definition) is 2. The largest absolute Gasteiger partial charge is 0.486 e. The molecule has 9 heteroatoms. The molecule has 0 aromatic heterocycles. The Hall–Kier alpha value is -2.03. The molecule has 29 heavy (non-hydrogen) atoms. The number of amides is 1. The predicted molar refractivity (Wildman–Crippen MR) is 102 cm³/mol. The Morgan fingerprint density at radius 3 is 2.69 bits per heavy atom. The van der Waals surface area contributed by atoms with E-state index >= 15 is 0 Å². The van der Waals surface area contributed by atoms with Crippen LogP contribution in [0.3, 0.4) is 0 Å². The van der Waals surface area contributed by atoms with E-state index in [-0.39, 0.29) is 48.9 Å². The Kier molecular flexibility index (Phi) is 5.59. The van der Waals surface area contributed by atoms with Crippen LogP contribution in [0.15, 0.2) is 12.1 Å². The molecule has 2 bridgehead atoms. The van der Waals surface area contributed by atoms with Crippen molar-refractivity contribution in [1.29, 1.82) is 0 Å². The average molecular weight is 426 g/mol. The number of hydrogen-bond acceptors (Lipinski definition) is 6. The average Bonchev–Trinajstić information content (AvgIpc) is 3.37. The van der Waals surface area contributed by atoms with E-state index in [9.17, 15) is 9.90 Å². The number of benzene rings is 1. The van der Waals surface area contributed by atoms with Crippen LogP contribution in [0.4, 0.5) is 0 Å². The number of halogens is 1. The van der Waals surface area contributed by atoms with Gasteiger partial charge in [-0.1, -0.05) is 11.6 Å². The van der Waals surface area contributed by atoms with Crippen molar-refractivity contribution in [2.75, 3.05) is 32.9 Å². The maximum absolute atomic E-state index is 12.9. The third kappa shape index (κ3) is 3.53. The maximum atomic E-state index is 12.9. The van der Waals surface area contributed by atoms with E-state index in [1.54, 1.807) is 6.07 Å². The van der Waals surface area contributed by atoms with Crippen molar-refractivity contribution in [1.82, 2.24) is 4.90 Å². The SMILES string of the molecule is O=C(Cc1cc2c(cc1Cl)OCCO2)N1C[C@@H]2[C@H](CO)[C@H]3CC[C@]2(C1)O3.O=CO. The molecule has 2 N–H and O–H groups in total. The monoisotopic (exact) mass is 425 g/mol. The highest BCUT2D eigenvalue weighted by atomic mass is 35.5. The first-order valence-corrected chi connectivity index (χ1v) is 10.1. The van der Waals surface area contributed by atoms with Crippen LogP contribution in [-0.2, 0) is 20.7 Å². The van der Waals surface area contributed by atoms with E-state index in [0.29, 0.717) is 42.8 Å². The normalized spacial score (nSPS) is 31.1. The van der Waals surface area contributed by atoms with Crippen molar-refractivity contribution in [3.63, 3.8) is 0 Å². The molecule has 0 aliphatic carbocycles. The van der Waals surface area contributed by atoms with Gasteiger partial charge >= 0.3 is 0 Å². The summed E-state index contributed by atoms with van der Waals surface area (Å²) in [5.41, 5.74) is 0.504.